The average molecular weight is 314 g/mol. The summed E-state index contributed by atoms with van der Waals surface area (Å²) in [6.45, 7) is 2.45. The van der Waals surface area contributed by atoms with Gasteiger partial charge in [0.2, 0.25) is 10.0 Å². The SMILES string of the molecule is CC1CCC(CN)(N(C)S(=O)(=O)c2cccc(F)c2)CC1. The Hall–Kier alpha value is -0.980. The van der Waals surface area contributed by atoms with Crippen LogP contribution in [-0.4, -0.2) is 31.9 Å². The summed E-state index contributed by atoms with van der Waals surface area (Å²) < 4.78 is 40.2. The van der Waals surface area contributed by atoms with Crippen LogP contribution in [0.25, 0.3) is 0 Å². The Labute approximate surface area is 126 Å². The maximum absolute atomic E-state index is 13.3. The van der Waals surface area contributed by atoms with Gasteiger partial charge >= 0.3 is 0 Å². The van der Waals surface area contributed by atoms with Crippen molar-refractivity contribution in [2.45, 2.75) is 43.0 Å². The first-order valence-corrected chi connectivity index (χ1v) is 8.70. The zero-order valence-corrected chi connectivity index (χ0v) is 13.4. The number of hydrogen-bond donors (Lipinski definition) is 1. The van der Waals surface area contributed by atoms with E-state index in [0.717, 1.165) is 31.7 Å². The van der Waals surface area contributed by atoms with Gasteiger partial charge < -0.3 is 5.73 Å². The van der Waals surface area contributed by atoms with Crippen molar-refractivity contribution >= 4 is 10.0 Å². The van der Waals surface area contributed by atoms with Crippen LogP contribution in [-0.2, 0) is 10.0 Å². The summed E-state index contributed by atoms with van der Waals surface area (Å²) in [5.74, 6) is 0.0403. The van der Waals surface area contributed by atoms with Crippen molar-refractivity contribution in [1.29, 1.82) is 0 Å². The van der Waals surface area contributed by atoms with Crippen LogP contribution in [0.1, 0.15) is 32.6 Å². The predicted octanol–water partition coefficient (Wildman–Crippen LogP) is 2.35. The first kappa shape index (κ1) is 16.4. The van der Waals surface area contributed by atoms with Gasteiger partial charge in [-0.1, -0.05) is 13.0 Å². The molecule has 21 heavy (non-hydrogen) atoms. The van der Waals surface area contributed by atoms with Gasteiger partial charge in [-0.05, 0) is 49.8 Å². The zero-order chi connectivity index (χ0) is 15.7. The average Bonchev–Trinajstić information content (AvgIpc) is 2.48. The second-order valence-electron chi connectivity index (χ2n) is 6.04. The van der Waals surface area contributed by atoms with Gasteiger partial charge in [0.15, 0.2) is 0 Å². The number of sulfonamides is 1. The van der Waals surface area contributed by atoms with Crippen LogP contribution >= 0.6 is 0 Å². The summed E-state index contributed by atoms with van der Waals surface area (Å²) in [6.07, 6.45) is 3.41. The molecular weight excluding hydrogens is 291 g/mol. The second-order valence-corrected chi connectivity index (χ2v) is 8.01. The monoisotopic (exact) mass is 314 g/mol. The minimum Gasteiger partial charge on any atom is -0.329 e. The van der Waals surface area contributed by atoms with Gasteiger partial charge in [-0.3, -0.25) is 0 Å². The van der Waals surface area contributed by atoms with Crippen LogP contribution in [0.4, 0.5) is 4.39 Å². The van der Waals surface area contributed by atoms with E-state index < -0.39 is 21.4 Å². The fourth-order valence-electron chi connectivity index (χ4n) is 2.99. The van der Waals surface area contributed by atoms with E-state index in [4.69, 9.17) is 5.73 Å². The zero-order valence-electron chi connectivity index (χ0n) is 12.5. The molecule has 1 aromatic carbocycles. The standard InChI is InChI=1S/C15H23FN2O2S/c1-12-6-8-15(11-17,9-7-12)18(2)21(19,20)14-5-3-4-13(16)10-14/h3-5,10,12H,6-9,11,17H2,1-2H3. The molecule has 6 heteroatoms. The molecule has 0 aromatic heterocycles. The highest BCUT2D eigenvalue weighted by molar-refractivity contribution is 7.89. The molecule has 0 saturated heterocycles. The third-order valence-corrected chi connectivity index (χ3v) is 6.67. The third-order valence-electron chi connectivity index (χ3n) is 4.71. The van der Waals surface area contributed by atoms with E-state index in [1.165, 1.54) is 22.5 Å². The summed E-state index contributed by atoms with van der Waals surface area (Å²) >= 11 is 0. The van der Waals surface area contributed by atoms with E-state index in [9.17, 15) is 12.8 Å². The highest BCUT2D eigenvalue weighted by Crippen LogP contribution is 2.37. The van der Waals surface area contributed by atoms with Gasteiger partial charge in [0, 0.05) is 19.1 Å². The Balaban J connectivity index is 2.34. The van der Waals surface area contributed by atoms with Crippen molar-refractivity contribution in [3.05, 3.63) is 30.1 Å². The highest BCUT2D eigenvalue weighted by atomic mass is 32.2. The molecule has 1 aromatic rings. The molecule has 118 valence electrons. The first-order chi connectivity index (χ1) is 9.82. The maximum Gasteiger partial charge on any atom is 0.243 e. The van der Waals surface area contributed by atoms with Crippen molar-refractivity contribution in [2.75, 3.05) is 13.6 Å². The van der Waals surface area contributed by atoms with Crippen molar-refractivity contribution in [2.24, 2.45) is 11.7 Å². The molecule has 2 N–H and O–H groups in total. The summed E-state index contributed by atoms with van der Waals surface area (Å²) in [4.78, 5) is -0.0172. The smallest absolute Gasteiger partial charge is 0.243 e. The molecule has 0 aliphatic heterocycles. The molecule has 0 amide bonds. The predicted molar refractivity (Wildman–Crippen MR) is 80.8 cm³/mol. The van der Waals surface area contributed by atoms with Gasteiger partial charge in [0.1, 0.15) is 5.82 Å². The largest absolute Gasteiger partial charge is 0.329 e. The topological polar surface area (TPSA) is 63.4 Å². The van der Waals surface area contributed by atoms with Gasteiger partial charge in [-0.25, -0.2) is 12.8 Å². The summed E-state index contributed by atoms with van der Waals surface area (Å²) in [6, 6.07) is 5.13. The van der Waals surface area contributed by atoms with Crippen LogP contribution in [0.3, 0.4) is 0 Å². The van der Waals surface area contributed by atoms with E-state index >= 15 is 0 Å². The summed E-state index contributed by atoms with van der Waals surface area (Å²) in [7, 11) is -2.18. The Morgan fingerprint density at radius 3 is 2.52 bits per heavy atom. The maximum atomic E-state index is 13.3. The third kappa shape index (κ3) is 3.12. The number of nitrogens with two attached hydrogens (primary N) is 1. The minimum atomic E-state index is -3.74. The minimum absolute atomic E-state index is 0.0172. The van der Waals surface area contributed by atoms with E-state index in [-0.39, 0.29) is 11.4 Å². The number of halogens is 1. The van der Waals surface area contributed by atoms with Gasteiger partial charge in [-0.2, -0.15) is 4.31 Å². The van der Waals surface area contributed by atoms with Gasteiger partial charge in [-0.15, -0.1) is 0 Å². The fraction of sp³-hybridized carbons (Fsp3) is 0.600. The van der Waals surface area contributed by atoms with Crippen LogP contribution in [0.5, 0.6) is 0 Å². The Kier molecular flexibility index (Phi) is 4.70. The number of nitrogens with zero attached hydrogens (tertiary/aromatic N) is 1. The van der Waals surface area contributed by atoms with E-state index in [2.05, 4.69) is 6.92 Å². The second kappa shape index (κ2) is 6.02. The normalized spacial score (nSPS) is 27.0. The van der Waals surface area contributed by atoms with E-state index in [0.29, 0.717) is 5.92 Å². The van der Waals surface area contributed by atoms with E-state index in [1.54, 1.807) is 7.05 Å². The molecule has 1 aliphatic rings. The van der Waals surface area contributed by atoms with Crippen LogP contribution < -0.4 is 5.73 Å². The summed E-state index contributed by atoms with van der Waals surface area (Å²) in [5, 5.41) is 0. The van der Waals surface area contributed by atoms with Crippen molar-refractivity contribution in [3.63, 3.8) is 0 Å². The Morgan fingerprint density at radius 2 is 2.00 bits per heavy atom. The molecule has 0 atom stereocenters. The lowest BCUT2D eigenvalue weighted by atomic mass is 9.77. The quantitative estimate of drug-likeness (QED) is 0.928. The molecule has 1 aliphatic carbocycles. The van der Waals surface area contributed by atoms with Crippen molar-refractivity contribution < 1.29 is 12.8 Å². The molecule has 0 spiro atoms. The molecule has 0 heterocycles. The number of likely N-dealkylation sites (N-methyl/N-ethyl adjacent to an activating group) is 1. The molecular formula is C15H23FN2O2S. The number of rotatable bonds is 4. The Bertz CT molecular complexity index is 595. The number of hydrogen-bond acceptors (Lipinski definition) is 3. The highest BCUT2D eigenvalue weighted by Gasteiger charge is 2.42. The van der Waals surface area contributed by atoms with E-state index in [1.807, 2.05) is 0 Å². The lowest BCUT2D eigenvalue weighted by molar-refractivity contribution is 0.135. The lowest BCUT2D eigenvalue weighted by Crippen LogP contribution is -2.56. The molecule has 0 unspecified atom stereocenters. The van der Waals surface area contributed by atoms with Gasteiger partial charge in [0.05, 0.1) is 4.90 Å². The summed E-state index contributed by atoms with van der Waals surface area (Å²) in [5.41, 5.74) is 5.35. The molecule has 0 bridgehead atoms. The van der Waals surface area contributed by atoms with Gasteiger partial charge in [0.25, 0.3) is 0 Å². The molecule has 0 radical (unpaired) electrons. The molecule has 1 saturated carbocycles. The van der Waals surface area contributed by atoms with Crippen molar-refractivity contribution in [1.82, 2.24) is 4.31 Å². The molecule has 2 rings (SSSR count). The van der Waals surface area contributed by atoms with Crippen LogP contribution in [0.15, 0.2) is 29.2 Å². The first-order valence-electron chi connectivity index (χ1n) is 7.26. The molecule has 1 fully saturated rings. The van der Waals surface area contributed by atoms with Crippen molar-refractivity contribution in [3.8, 4) is 0 Å². The Morgan fingerprint density at radius 1 is 1.38 bits per heavy atom. The molecule has 4 nitrogen and oxygen atoms in total. The van der Waals surface area contributed by atoms with Crippen LogP contribution in [0, 0.1) is 11.7 Å². The lowest BCUT2D eigenvalue weighted by Gasteiger charge is -2.44. The fourth-order valence-corrected chi connectivity index (χ4v) is 4.58. The number of benzene rings is 1. The van der Waals surface area contributed by atoms with Crippen LogP contribution in [0.2, 0.25) is 0 Å².